The number of hydrogen-bond acceptors (Lipinski definition) is 4. The van der Waals surface area contributed by atoms with Gasteiger partial charge in [-0.05, 0) is 46.5 Å². The van der Waals surface area contributed by atoms with Gasteiger partial charge in [0.25, 0.3) is 5.91 Å². The van der Waals surface area contributed by atoms with Gasteiger partial charge in [0.05, 0.1) is 22.9 Å². The Morgan fingerprint density at radius 2 is 1.29 bits per heavy atom. The van der Waals surface area contributed by atoms with Gasteiger partial charge in [0, 0.05) is 17.7 Å². The topological polar surface area (TPSA) is 78.8 Å². The Balaban J connectivity index is 1.42. The van der Waals surface area contributed by atoms with E-state index in [1.54, 1.807) is 42.6 Å². The summed E-state index contributed by atoms with van der Waals surface area (Å²) in [4.78, 5) is 42.4. The first-order valence-corrected chi connectivity index (χ1v) is 12.6. The number of carbonyl (C=O) groups excluding carboxylic acids is 3. The maximum atomic E-state index is 14.2. The minimum atomic E-state index is -1.02. The molecular formula is C32H23N3O3. The van der Waals surface area contributed by atoms with Crippen LogP contribution in [-0.2, 0) is 15.0 Å². The van der Waals surface area contributed by atoms with Crippen LogP contribution in [0.3, 0.4) is 0 Å². The van der Waals surface area contributed by atoms with E-state index in [1.165, 1.54) is 4.90 Å². The van der Waals surface area contributed by atoms with Crippen molar-refractivity contribution in [3.63, 3.8) is 0 Å². The second-order valence-electron chi connectivity index (χ2n) is 9.94. The minimum Gasteiger partial charge on any atom is -0.274 e. The first-order chi connectivity index (χ1) is 18.6. The molecule has 38 heavy (non-hydrogen) atoms. The zero-order valence-corrected chi connectivity index (χ0v) is 20.3. The van der Waals surface area contributed by atoms with E-state index in [9.17, 15) is 14.4 Å². The summed E-state index contributed by atoms with van der Waals surface area (Å²) >= 11 is 0. The molecule has 1 fully saturated rings. The van der Waals surface area contributed by atoms with Crippen molar-refractivity contribution in [3.05, 3.63) is 137 Å². The summed E-state index contributed by atoms with van der Waals surface area (Å²) in [7, 11) is 0. The van der Waals surface area contributed by atoms with Gasteiger partial charge in [0.1, 0.15) is 0 Å². The van der Waals surface area contributed by atoms with E-state index >= 15 is 0 Å². The van der Waals surface area contributed by atoms with Crippen LogP contribution in [0.2, 0.25) is 0 Å². The quantitative estimate of drug-likeness (QED) is 0.253. The molecule has 2 atom stereocenters. The molecule has 4 aliphatic rings. The van der Waals surface area contributed by atoms with E-state index in [-0.39, 0.29) is 23.6 Å². The summed E-state index contributed by atoms with van der Waals surface area (Å²) in [5, 5.41) is 4.45. The Kier molecular flexibility index (Phi) is 4.91. The average molecular weight is 498 g/mol. The lowest BCUT2D eigenvalue weighted by molar-refractivity contribution is -0.122. The number of amides is 3. The lowest BCUT2D eigenvalue weighted by Crippen LogP contribution is -2.54. The second kappa shape index (κ2) is 8.35. The molecular weight excluding hydrogens is 474 g/mol. The van der Waals surface area contributed by atoms with Crippen LogP contribution in [0.4, 0.5) is 5.69 Å². The summed E-state index contributed by atoms with van der Waals surface area (Å²) < 4.78 is 0. The summed E-state index contributed by atoms with van der Waals surface area (Å²) in [6.45, 7) is 0. The van der Waals surface area contributed by atoms with Crippen LogP contribution in [0.1, 0.15) is 38.5 Å². The van der Waals surface area contributed by atoms with Gasteiger partial charge in [-0.2, -0.15) is 5.10 Å². The first kappa shape index (κ1) is 22.4. The van der Waals surface area contributed by atoms with E-state index < -0.39 is 17.3 Å². The fourth-order valence-corrected chi connectivity index (χ4v) is 6.73. The molecule has 6 heteroatoms. The summed E-state index contributed by atoms with van der Waals surface area (Å²) in [6.07, 6.45) is 1.68. The van der Waals surface area contributed by atoms with Gasteiger partial charge in [-0.15, -0.1) is 0 Å². The van der Waals surface area contributed by atoms with E-state index in [2.05, 4.69) is 10.5 Å². The van der Waals surface area contributed by atoms with Crippen molar-refractivity contribution in [2.24, 2.45) is 16.9 Å². The lowest BCUT2D eigenvalue weighted by Gasteiger charge is -2.52. The standard InChI is InChI=1S/C32H23N3O3/c36-29(20-11-3-1-4-12-20)34-33-19-32-24-17-9-7-15-22(24)26(23-16-8-10-18-25(23)32)27-28(32)31(38)35(30(27)37)21-13-5-2-6-14-21/h1-19,26-28H,(H,34,36)/b33-19+/t26?,27-,28-,32?/m1/s1. The number of anilines is 1. The fourth-order valence-electron chi connectivity index (χ4n) is 6.73. The van der Waals surface area contributed by atoms with Gasteiger partial charge < -0.3 is 0 Å². The third kappa shape index (κ3) is 2.94. The van der Waals surface area contributed by atoms with Gasteiger partial charge in [-0.25, -0.2) is 10.3 Å². The highest BCUT2D eigenvalue weighted by molar-refractivity contribution is 6.25. The monoisotopic (exact) mass is 497 g/mol. The number of nitrogens with zero attached hydrogens (tertiary/aromatic N) is 2. The zero-order chi connectivity index (χ0) is 25.9. The smallest absolute Gasteiger partial charge is 0.271 e. The predicted molar refractivity (Wildman–Crippen MR) is 144 cm³/mol. The lowest BCUT2D eigenvalue weighted by atomic mass is 9.47. The number of para-hydroxylation sites is 1. The largest absolute Gasteiger partial charge is 0.274 e. The molecule has 4 aromatic carbocycles. The van der Waals surface area contributed by atoms with Crippen molar-refractivity contribution < 1.29 is 14.4 Å². The number of carbonyl (C=O) groups is 3. The summed E-state index contributed by atoms with van der Waals surface area (Å²) in [5.74, 6) is -2.31. The number of imide groups is 1. The molecule has 8 rings (SSSR count). The Bertz CT molecular complexity index is 1580. The SMILES string of the molecule is O=C(N/N=C/C12c3ccccc3C(c3ccccc31)[C@H]1C(=O)N(c3ccccc3)C(=O)[C@@H]12)c1ccccc1. The highest BCUT2D eigenvalue weighted by atomic mass is 16.2. The van der Waals surface area contributed by atoms with E-state index in [1.807, 2.05) is 72.8 Å². The molecule has 3 amide bonds. The van der Waals surface area contributed by atoms with Crippen molar-refractivity contribution in [2.75, 3.05) is 4.90 Å². The molecule has 1 aliphatic heterocycles. The van der Waals surface area contributed by atoms with Crippen molar-refractivity contribution in [1.29, 1.82) is 0 Å². The molecule has 184 valence electrons. The summed E-state index contributed by atoms with van der Waals surface area (Å²) in [5.41, 5.74) is 6.60. The molecule has 0 saturated carbocycles. The Labute approximate surface area is 219 Å². The first-order valence-electron chi connectivity index (χ1n) is 12.6. The molecule has 1 saturated heterocycles. The maximum absolute atomic E-state index is 14.2. The third-order valence-electron chi connectivity index (χ3n) is 8.17. The Morgan fingerprint density at radius 3 is 1.92 bits per heavy atom. The van der Waals surface area contributed by atoms with Crippen LogP contribution >= 0.6 is 0 Å². The highest BCUT2D eigenvalue weighted by Crippen LogP contribution is 2.63. The van der Waals surface area contributed by atoms with Crippen LogP contribution in [0.5, 0.6) is 0 Å². The second-order valence-corrected chi connectivity index (χ2v) is 9.94. The number of benzene rings is 4. The highest BCUT2D eigenvalue weighted by Gasteiger charge is 2.68. The number of nitrogens with one attached hydrogen (secondary N) is 1. The van der Waals surface area contributed by atoms with E-state index in [0.29, 0.717) is 11.3 Å². The number of rotatable bonds is 4. The Hall–Kier alpha value is -4.84. The van der Waals surface area contributed by atoms with Crippen LogP contribution < -0.4 is 10.3 Å². The van der Waals surface area contributed by atoms with Gasteiger partial charge >= 0.3 is 0 Å². The van der Waals surface area contributed by atoms with Crippen LogP contribution in [0, 0.1) is 11.8 Å². The molecule has 0 spiro atoms. The maximum Gasteiger partial charge on any atom is 0.271 e. The number of hydrazone groups is 1. The van der Waals surface area contributed by atoms with Crippen molar-refractivity contribution in [2.45, 2.75) is 11.3 Å². The van der Waals surface area contributed by atoms with Crippen molar-refractivity contribution in [1.82, 2.24) is 5.43 Å². The minimum absolute atomic E-state index is 0.202. The molecule has 0 radical (unpaired) electrons. The van der Waals surface area contributed by atoms with Gasteiger partial charge in [0.2, 0.25) is 11.8 Å². The van der Waals surface area contributed by atoms with Crippen LogP contribution in [-0.4, -0.2) is 23.9 Å². The fraction of sp³-hybridized carbons (Fsp3) is 0.125. The molecule has 1 heterocycles. The van der Waals surface area contributed by atoms with E-state index in [0.717, 1.165) is 22.3 Å². The zero-order valence-electron chi connectivity index (χ0n) is 20.3. The van der Waals surface area contributed by atoms with E-state index in [4.69, 9.17) is 0 Å². The van der Waals surface area contributed by atoms with Crippen LogP contribution in [0.25, 0.3) is 0 Å². The van der Waals surface area contributed by atoms with Gasteiger partial charge in [0.15, 0.2) is 0 Å². The Morgan fingerprint density at radius 1 is 0.737 bits per heavy atom. The summed E-state index contributed by atoms with van der Waals surface area (Å²) in [6, 6.07) is 33.9. The van der Waals surface area contributed by atoms with Crippen molar-refractivity contribution >= 4 is 29.6 Å². The van der Waals surface area contributed by atoms with Crippen molar-refractivity contribution in [3.8, 4) is 0 Å². The molecule has 2 bridgehead atoms. The molecule has 0 unspecified atom stereocenters. The molecule has 6 nitrogen and oxygen atoms in total. The third-order valence-corrected chi connectivity index (χ3v) is 8.17. The number of hydrogen-bond donors (Lipinski definition) is 1. The van der Waals surface area contributed by atoms with Gasteiger partial charge in [-0.1, -0.05) is 84.9 Å². The molecule has 3 aliphatic carbocycles. The molecule has 1 N–H and O–H groups in total. The molecule has 4 aromatic rings. The normalized spacial score (nSPS) is 24.7. The molecule has 0 aromatic heterocycles. The van der Waals surface area contributed by atoms with Gasteiger partial charge in [-0.3, -0.25) is 14.4 Å². The van der Waals surface area contributed by atoms with Crippen LogP contribution in [0.15, 0.2) is 114 Å². The average Bonchev–Trinajstić information content (AvgIpc) is 3.24. The predicted octanol–water partition coefficient (Wildman–Crippen LogP) is 4.65.